The van der Waals surface area contributed by atoms with Crippen molar-refractivity contribution >= 4 is 43.5 Å². The van der Waals surface area contributed by atoms with E-state index >= 15 is 0 Å². The van der Waals surface area contributed by atoms with Crippen LogP contribution in [0.25, 0.3) is 0 Å². The molecule has 0 fully saturated rings. The van der Waals surface area contributed by atoms with Crippen LogP contribution in [0.1, 0.15) is 34.3 Å². The van der Waals surface area contributed by atoms with Gasteiger partial charge in [0.25, 0.3) is 5.91 Å². The Kier molecular flexibility index (Phi) is 4.45. The quantitative estimate of drug-likeness (QED) is 0.713. The zero-order valence-corrected chi connectivity index (χ0v) is 14.6. The number of hydrogen-bond donors (Lipinski definition) is 1. The average Bonchev–Trinajstić information content (AvgIpc) is 2.46. The molecule has 0 spiro atoms. The molecule has 0 aliphatic heterocycles. The van der Waals surface area contributed by atoms with Gasteiger partial charge in [-0.05, 0) is 61.1 Å². The summed E-state index contributed by atoms with van der Waals surface area (Å²) in [6.45, 7) is 0. The molecule has 2 aromatic carbocycles. The molecule has 0 radical (unpaired) electrons. The van der Waals surface area contributed by atoms with Crippen LogP contribution in [0.3, 0.4) is 0 Å². The van der Waals surface area contributed by atoms with Gasteiger partial charge in [-0.2, -0.15) is 0 Å². The molecule has 0 saturated carbocycles. The van der Waals surface area contributed by atoms with Crippen LogP contribution in [-0.4, -0.2) is 5.91 Å². The topological polar surface area (TPSA) is 29.1 Å². The lowest BCUT2D eigenvalue weighted by Crippen LogP contribution is -2.15. The van der Waals surface area contributed by atoms with Gasteiger partial charge in [-0.3, -0.25) is 4.79 Å². The lowest BCUT2D eigenvalue weighted by Gasteiger charge is -2.19. The molecular weight excluding hydrogens is 394 g/mol. The van der Waals surface area contributed by atoms with Crippen molar-refractivity contribution in [1.82, 2.24) is 0 Å². The van der Waals surface area contributed by atoms with E-state index < -0.39 is 0 Å². The molecule has 1 aliphatic carbocycles. The Bertz CT molecular complexity index is 677. The first-order chi connectivity index (χ1) is 10.1. The molecule has 21 heavy (non-hydrogen) atoms. The number of nitrogens with one attached hydrogen (secondary N) is 1. The van der Waals surface area contributed by atoms with Crippen LogP contribution in [0, 0.1) is 0 Å². The highest BCUT2D eigenvalue weighted by atomic mass is 79.9. The van der Waals surface area contributed by atoms with Gasteiger partial charge >= 0.3 is 0 Å². The number of aryl methyl sites for hydroxylation is 1. The van der Waals surface area contributed by atoms with E-state index in [1.54, 1.807) is 0 Å². The lowest BCUT2D eigenvalue weighted by atomic mass is 9.90. The SMILES string of the molecule is O=C(Nc1cccc2c1CCCC2)c1cc(Br)cc(Br)c1. The van der Waals surface area contributed by atoms with Gasteiger partial charge in [0.2, 0.25) is 0 Å². The molecule has 108 valence electrons. The maximum absolute atomic E-state index is 12.5. The van der Waals surface area contributed by atoms with Crippen molar-refractivity contribution in [2.24, 2.45) is 0 Å². The molecule has 0 heterocycles. The molecule has 4 heteroatoms. The summed E-state index contributed by atoms with van der Waals surface area (Å²) >= 11 is 6.83. The van der Waals surface area contributed by atoms with Crippen LogP contribution in [0.5, 0.6) is 0 Å². The molecule has 2 nitrogen and oxygen atoms in total. The predicted octanol–water partition coefficient (Wildman–Crippen LogP) is 5.34. The summed E-state index contributed by atoms with van der Waals surface area (Å²) in [7, 11) is 0. The smallest absolute Gasteiger partial charge is 0.255 e. The molecule has 0 saturated heterocycles. The van der Waals surface area contributed by atoms with Gasteiger partial charge in [-0.1, -0.05) is 44.0 Å². The van der Waals surface area contributed by atoms with Gasteiger partial charge in [-0.15, -0.1) is 0 Å². The molecular formula is C17H15Br2NO. The first-order valence-electron chi connectivity index (χ1n) is 7.02. The fourth-order valence-corrected chi connectivity index (χ4v) is 4.07. The molecule has 1 N–H and O–H groups in total. The summed E-state index contributed by atoms with van der Waals surface area (Å²) in [6.07, 6.45) is 4.60. The van der Waals surface area contributed by atoms with Crippen molar-refractivity contribution in [3.63, 3.8) is 0 Å². The zero-order valence-electron chi connectivity index (χ0n) is 11.5. The van der Waals surface area contributed by atoms with Crippen molar-refractivity contribution in [2.45, 2.75) is 25.7 Å². The monoisotopic (exact) mass is 407 g/mol. The number of amides is 1. The Morgan fingerprint density at radius 3 is 2.48 bits per heavy atom. The van der Waals surface area contributed by atoms with Crippen LogP contribution in [-0.2, 0) is 12.8 Å². The van der Waals surface area contributed by atoms with E-state index in [9.17, 15) is 4.79 Å². The molecule has 0 unspecified atom stereocenters. The molecule has 3 rings (SSSR count). The second-order valence-electron chi connectivity index (χ2n) is 5.26. The van der Waals surface area contributed by atoms with E-state index in [-0.39, 0.29) is 5.91 Å². The fraction of sp³-hybridized carbons (Fsp3) is 0.235. The zero-order chi connectivity index (χ0) is 14.8. The third-order valence-corrected chi connectivity index (χ3v) is 4.68. The standard InChI is InChI=1S/C17H15Br2NO/c18-13-8-12(9-14(19)10-13)17(21)20-16-7-3-5-11-4-1-2-6-15(11)16/h3,5,7-10H,1-2,4,6H2,(H,20,21). The highest BCUT2D eigenvalue weighted by Crippen LogP contribution is 2.28. The number of hydrogen-bond acceptors (Lipinski definition) is 1. The maximum Gasteiger partial charge on any atom is 0.255 e. The second-order valence-corrected chi connectivity index (χ2v) is 7.09. The predicted molar refractivity (Wildman–Crippen MR) is 92.9 cm³/mol. The van der Waals surface area contributed by atoms with E-state index in [0.29, 0.717) is 5.56 Å². The lowest BCUT2D eigenvalue weighted by molar-refractivity contribution is 0.102. The summed E-state index contributed by atoms with van der Waals surface area (Å²) in [6, 6.07) is 11.8. The van der Waals surface area contributed by atoms with Crippen molar-refractivity contribution < 1.29 is 4.79 Å². The number of halogens is 2. The number of carbonyl (C=O) groups is 1. The van der Waals surface area contributed by atoms with Crippen molar-refractivity contribution in [1.29, 1.82) is 0 Å². The second kappa shape index (κ2) is 6.32. The van der Waals surface area contributed by atoms with Crippen molar-refractivity contribution in [3.05, 3.63) is 62.0 Å². The van der Waals surface area contributed by atoms with Gasteiger partial charge in [-0.25, -0.2) is 0 Å². The highest BCUT2D eigenvalue weighted by Gasteiger charge is 2.15. The van der Waals surface area contributed by atoms with Crippen LogP contribution in [0.2, 0.25) is 0 Å². The largest absolute Gasteiger partial charge is 0.322 e. The summed E-state index contributed by atoms with van der Waals surface area (Å²) < 4.78 is 1.77. The summed E-state index contributed by atoms with van der Waals surface area (Å²) in [5, 5.41) is 3.06. The Morgan fingerprint density at radius 1 is 1.00 bits per heavy atom. The Hall–Kier alpha value is -1.13. The normalized spacial score (nSPS) is 13.6. The number of anilines is 1. The molecule has 0 aromatic heterocycles. The van der Waals surface area contributed by atoms with Gasteiger partial charge in [0, 0.05) is 20.2 Å². The molecule has 2 aromatic rings. The summed E-state index contributed by atoms with van der Waals surface area (Å²) in [5.41, 5.74) is 4.26. The van der Waals surface area contributed by atoms with E-state index in [0.717, 1.165) is 27.5 Å². The molecule has 0 atom stereocenters. The minimum atomic E-state index is -0.0732. The van der Waals surface area contributed by atoms with Crippen LogP contribution in [0.4, 0.5) is 5.69 Å². The molecule has 1 aliphatic rings. The third-order valence-electron chi connectivity index (χ3n) is 3.77. The maximum atomic E-state index is 12.5. The minimum absolute atomic E-state index is 0.0732. The van der Waals surface area contributed by atoms with Crippen molar-refractivity contribution in [3.8, 4) is 0 Å². The van der Waals surface area contributed by atoms with E-state index in [2.05, 4.69) is 43.2 Å². The minimum Gasteiger partial charge on any atom is -0.322 e. The Balaban J connectivity index is 1.88. The van der Waals surface area contributed by atoms with Crippen LogP contribution in [0.15, 0.2) is 45.3 Å². The van der Waals surface area contributed by atoms with Gasteiger partial charge in [0.05, 0.1) is 0 Å². The van der Waals surface area contributed by atoms with Crippen LogP contribution >= 0.6 is 31.9 Å². The Morgan fingerprint density at radius 2 is 1.71 bits per heavy atom. The van der Waals surface area contributed by atoms with Crippen molar-refractivity contribution in [2.75, 3.05) is 5.32 Å². The van der Waals surface area contributed by atoms with Gasteiger partial charge in [0.1, 0.15) is 0 Å². The van der Waals surface area contributed by atoms with E-state index in [4.69, 9.17) is 0 Å². The van der Waals surface area contributed by atoms with Crippen LogP contribution < -0.4 is 5.32 Å². The number of carbonyl (C=O) groups excluding carboxylic acids is 1. The summed E-state index contributed by atoms with van der Waals surface area (Å²) in [5.74, 6) is -0.0732. The van der Waals surface area contributed by atoms with E-state index in [1.165, 1.54) is 24.0 Å². The third kappa shape index (κ3) is 3.38. The Labute approximate surface area is 141 Å². The van der Waals surface area contributed by atoms with Gasteiger partial charge in [0.15, 0.2) is 0 Å². The fourth-order valence-electron chi connectivity index (χ4n) is 2.78. The summed E-state index contributed by atoms with van der Waals surface area (Å²) in [4.78, 5) is 12.5. The number of benzene rings is 2. The molecule has 1 amide bonds. The first-order valence-corrected chi connectivity index (χ1v) is 8.60. The highest BCUT2D eigenvalue weighted by molar-refractivity contribution is 9.11. The number of rotatable bonds is 2. The first kappa shape index (κ1) is 14.8. The number of fused-ring (bicyclic) bond motifs is 1. The average molecular weight is 409 g/mol. The molecule has 0 bridgehead atoms. The van der Waals surface area contributed by atoms with E-state index in [1.807, 2.05) is 30.3 Å². The van der Waals surface area contributed by atoms with Gasteiger partial charge < -0.3 is 5.32 Å².